The van der Waals surface area contributed by atoms with Gasteiger partial charge >= 0.3 is 0 Å². The number of hydrogen-bond donors (Lipinski definition) is 1. The van der Waals surface area contributed by atoms with Gasteiger partial charge in [-0.15, -0.1) is 0 Å². The number of amides is 1. The standard InChI is InChI=1S/C18H13Cl2IN2O3S/c1-25-13-7-9(6-11(21)16(13)26-2)8-14-17(24)23-18(27-14)22-12-5-3-4-10(19)15(12)20/h3-8H,1-2H3,(H,22,23,24)/b14-8-. The first-order valence-corrected chi connectivity index (χ1v) is 10.2. The Kier molecular flexibility index (Phi) is 6.56. The van der Waals surface area contributed by atoms with E-state index in [0.717, 1.165) is 9.13 Å². The average Bonchev–Trinajstić information content (AvgIpc) is 2.97. The number of thioether (sulfide) groups is 1. The number of ether oxygens (including phenoxy) is 2. The summed E-state index contributed by atoms with van der Waals surface area (Å²) in [6, 6.07) is 8.87. The summed E-state index contributed by atoms with van der Waals surface area (Å²) in [7, 11) is 3.16. The van der Waals surface area contributed by atoms with Crippen LogP contribution < -0.4 is 14.8 Å². The molecule has 3 rings (SSSR count). The van der Waals surface area contributed by atoms with Gasteiger partial charge in [0.05, 0.1) is 38.4 Å². The molecule has 0 atom stereocenters. The second kappa shape index (κ2) is 8.72. The minimum atomic E-state index is -0.235. The molecule has 0 spiro atoms. The molecule has 0 saturated carbocycles. The van der Waals surface area contributed by atoms with Crippen molar-refractivity contribution < 1.29 is 14.3 Å². The Morgan fingerprint density at radius 2 is 2.00 bits per heavy atom. The van der Waals surface area contributed by atoms with Crippen LogP contribution in [-0.2, 0) is 4.79 Å². The molecule has 0 radical (unpaired) electrons. The van der Waals surface area contributed by atoms with Crippen LogP contribution in [0, 0.1) is 3.57 Å². The van der Waals surface area contributed by atoms with Gasteiger partial charge in [0.2, 0.25) is 0 Å². The minimum Gasteiger partial charge on any atom is -0.493 e. The second-order valence-corrected chi connectivity index (χ2v) is 8.27. The van der Waals surface area contributed by atoms with Gasteiger partial charge in [-0.2, -0.15) is 0 Å². The van der Waals surface area contributed by atoms with Crippen molar-refractivity contribution in [1.29, 1.82) is 0 Å². The molecule has 9 heteroatoms. The third-order valence-electron chi connectivity index (χ3n) is 3.56. The van der Waals surface area contributed by atoms with E-state index in [-0.39, 0.29) is 5.91 Å². The molecule has 1 amide bonds. The molecule has 0 unspecified atom stereocenters. The monoisotopic (exact) mass is 534 g/mol. The zero-order chi connectivity index (χ0) is 19.6. The zero-order valence-corrected chi connectivity index (χ0v) is 18.7. The number of carbonyl (C=O) groups is 1. The van der Waals surface area contributed by atoms with E-state index >= 15 is 0 Å². The molecule has 2 aromatic carbocycles. The van der Waals surface area contributed by atoms with Crippen LogP contribution in [0.1, 0.15) is 5.56 Å². The van der Waals surface area contributed by atoms with E-state index in [4.69, 9.17) is 32.7 Å². The largest absolute Gasteiger partial charge is 0.493 e. The quantitative estimate of drug-likeness (QED) is 0.415. The lowest BCUT2D eigenvalue weighted by molar-refractivity contribution is -0.115. The third-order valence-corrected chi connectivity index (χ3v) is 6.08. The lowest BCUT2D eigenvalue weighted by Crippen LogP contribution is -2.19. The van der Waals surface area contributed by atoms with E-state index in [9.17, 15) is 4.79 Å². The minimum absolute atomic E-state index is 0.235. The lowest BCUT2D eigenvalue weighted by atomic mass is 10.2. The van der Waals surface area contributed by atoms with Crippen LogP contribution in [0.2, 0.25) is 10.0 Å². The molecule has 1 fully saturated rings. The van der Waals surface area contributed by atoms with E-state index in [1.807, 2.05) is 12.1 Å². The molecule has 1 heterocycles. The van der Waals surface area contributed by atoms with Gasteiger partial charge in [-0.05, 0) is 70.3 Å². The summed E-state index contributed by atoms with van der Waals surface area (Å²) < 4.78 is 11.6. The fourth-order valence-electron chi connectivity index (χ4n) is 2.34. The van der Waals surface area contributed by atoms with Gasteiger partial charge in [0.1, 0.15) is 0 Å². The predicted molar refractivity (Wildman–Crippen MR) is 120 cm³/mol. The maximum atomic E-state index is 12.3. The molecule has 1 aliphatic rings. The summed E-state index contributed by atoms with van der Waals surface area (Å²) in [5.74, 6) is 1.02. The van der Waals surface area contributed by atoms with Crippen molar-refractivity contribution in [2.45, 2.75) is 0 Å². The Bertz CT molecular complexity index is 979. The first-order chi connectivity index (χ1) is 12.9. The third kappa shape index (κ3) is 4.53. The van der Waals surface area contributed by atoms with E-state index in [1.54, 1.807) is 38.5 Å². The Balaban J connectivity index is 1.91. The molecule has 1 saturated heterocycles. The molecule has 1 aliphatic heterocycles. The van der Waals surface area contributed by atoms with Gasteiger partial charge in [-0.25, -0.2) is 4.99 Å². The lowest BCUT2D eigenvalue weighted by Gasteiger charge is -2.10. The number of methoxy groups -OCH3 is 2. The van der Waals surface area contributed by atoms with Crippen LogP contribution in [0.15, 0.2) is 40.2 Å². The fourth-order valence-corrected chi connectivity index (χ4v) is 4.36. The highest BCUT2D eigenvalue weighted by atomic mass is 127. The summed E-state index contributed by atoms with van der Waals surface area (Å²) in [5.41, 5.74) is 1.31. The first kappa shape index (κ1) is 20.3. The first-order valence-electron chi connectivity index (χ1n) is 7.58. The molecule has 1 N–H and O–H groups in total. The van der Waals surface area contributed by atoms with Gasteiger partial charge in [0.15, 0.2) is 16.7 Å². The zero-order valence-electron chi connectivity index (χ0n) is 14.2. The molecule has 0 aliphatic carbocycles. The van der Waals surface area contributed by atoms with Crippen molar-refractivity contribution in [3.05, 3.63) is 54.4 Å². The van der Waals surface area contributed by atoms with Crippen molar-refractivity contribution in [3.8, 4) is 11.5 Å². The molecule has 27 heavy (non-hydrogen) atoms. The van der Waals surface area contributed by atoms with Crippen molar-refractivity contribution >= 4 is 80.4 Å². The van der Waals surface area contributed by atoms with E-state index in [0.29, 0.717) is 37.3 Å². The predicted octanol–water partition coefficient (Wildman–Crippen LogP) is 5.51. The number of benzene rings is 2. The molecule has 5 nitrogen and oxygen atoms in total. The molecule has 2 aromatic rings. The van der Waals surface area contributed by atoms with Crippen LogP contribution in [0.25, 0.3) is 6.08 Å². The Labute approximate surface area is 184 Å². The summed E-state index contributed by atoms with van der Waals surface area (Å²) in [4.78, 5) is 17.2. The van der Waals surface area contributed by atoms with Gasteiger partial charge in [0.25, 0.3) is 5.91 Å². The van der Waals surface area contributed by atoms with Crippen molar-refractivity contribution in [3.63, 3.8) is 0 Å². The summed E-state index contributed by atoms with van der Waals surface area (Å²) in [5, 5.41) is 3.91. The number of aliphatic imine (C=N–C) groups is 1. The maximum Gasteiger partial charge on any atom is 0.264 e. The van der Waals surface area contributed by atoms with Crippen molar-refractivity contribution in [2.75, 3.05) is 14.2 Å². The normalized spacial score (nSPS) is 16.7. The summed E-state index contributed by atoms with van der Waals surface area (Å²) in [6.45, 7) is 0. The highest BCUT2D eigenvalue weighted by molar-refractivity contribution is 14.1. The number of nitrogens with zero attached hydrogens (tertiary/aromatic N) is 1. The topological polar surface area (TPSA) is 59.9 Å². The summed E-state index contributed by atoms with van der Waals surface area (Å²) in [6.07, 6.45) is 1.77. The number of carbonyl (C=O) groups excluding carboxylic acids is 1. The number of nitrogens with one attached hydrogen (secondary N) is 1. The molecule has 0 aromatic heterocycles. The van der Waals surface area contributed by atoms with Crippen LogP contribution in [0.5, 0.6) is 11.5 Å². The highest BCUT2D eigenvalue weighted by Gasteiger charge is 2.24. The number of hydrogen-bond acceptors (Lipinski definition) is 5. The van der Waals surface area contributed by atoms with Gasteiger partial charge < -0.3 is 14.8 Å². The number of rotatable bonds is 4. The maximum absolute atomic E-state index is 12.3. The van der Waals surface area contributed by atoms with Crippen molar-refractivity contribution in [1.82, 2.24) is 5.32 Å². The van der Waals surface area contributed by atoms with E-state index in [1.165, 1.54) is 11.8 Å². The Morgan fingerprint density at radius 1 is 1.22 bits per heavy atom. The fraction of sp³-hybridized carbons (Fsp3) is 0.111. The van der Waals surface area contributed by atoms with E-state index in [2.05, 4.69) is 32.9 Å². The molecular weight excluding hydrogens is 522 g/mol. The second-order valence-electron chi connectivity index (χ2n) is 5.29. The van der Waals surface area contributed by atoms with Crippen LogP contribution >= 0.6 is 57.6 Å². The van der Waals surface area contributed by atoms with Gasteiger partial charge in [-0.1, -0.05) is 29.3 Å². The summed E-state index contributed by atoms with van der Waals surface area (Å²) >= 11 is 15.5. The van der Waals surface area contributed by atoms with E-state index < -0.39 is 0 Å². The van der Waals surface area contributed by atoms with Gasteiger partial charge in [0, 0.05) is 0 Å². The van der Waals surface area contributed by atoms with Gasteiger partial charge in [-0.3, -0.25) is 4.79 Å². The smallest absolute Gasteiger partial charge is 0.264 e. The number of halogens is 3. The van der Waals surface area contributed by atoms with Crippen LogP contribution in [0.3, 0.4) is 0 Å². The van der Waals surface area contributed by atoms with Crippen LogP contribution in [-0.4, -0.2) is 25.3 Å². The SMILES string of the molecule is COc1cc(/C=C2\SC(=Nc3cccc(Cl)c3Cl)NC2=O)cc(I)c1OC. The Morgan fingerprint density at radius 3 is 2.70 bits per heavy atom. The van der Waals surface area contributed by atoms with Crippen molar-refractivity contribution in [2.24, 2.45) is 4.99 Å². The van der Waals surface area contributed by atoms with Crippen LogP contribution in [0.4, 0.5) is 5.69 Å². The Hall–Kier alpha value is -1.42. The average molecular weight is 535 g/mol. The molecular formula is C18H13Cl2IN2O3S. The molecule has 0 bridgehead atoms. The highest BCUT2D eigenvalue weighted by Crippen LogP contribution is 2.37. The number of amidine groups is 1. The molecule has 140 valence electrons.